The van der Waals surface area contributed by atoms with Crippen LogP contribution < -0.4 is 0 Å². The van der Waals surface area contributed by atoms with E-state index in [4.69, 9.17) is 0 Å². The lowest BCUT2D eigenvalue weighted by molar-refractivity contribution is 0.416. The van der Waals surface area contributed by atoms with E-state index in [0.29, 0.717) is 6.04 Å². The number of hydrogen-bond donors (Lipinski definition) is 0. The van der Waals surface area contributed by atoms with E-state index in [9.17, 15) is 4.21 Å². The van der Waals surface area contributed by atoms with Crippen molar-refractivity contribution in [1.82, 2.24) is 4.31 Å². The van der Waals surface area contributed by atoms with Crippen LogP contribution >= 0.6 is 15.9 Å². The first-order valence-corrected chi connectivity index (χ1v) is 8.23. The zero-order valence-corrected chi connectivity index (χ0v) is 13.6. The molecular weight excluding hydrogens is 310 g/mol. The van der Waals surface area contributed by atoms with Crippen LogP contribution in [0.1, 0.15) is 45.2 Å². The van der Waals surface area contributed by atoms with Gasteiger partial charge in [-0.05, 0) is 51.3 Å². The summed E-state index contributed by atoms with van der Waals surface area (Å²) < 4.78 is 15.6. The Labute approximate surface area is 120 Å². The molecule has 0 bridgehead atoms. The molecule has 0 unspecified atom stereocenters. The largest absolute Gasteiger partial charge is 0.242 e. The van der Waals surface area contributed by atoms with Crippen molar-refractivity contribution in [2.45, 2.75) is 44.4 Å². The predicted octanol–water partition coefficient (Wildman–Crippen LogP) is 4.05. The first-order valence-electron chi connectivity index (χ1n) is 6.34. The summed E-state index contributed by atoms with van der Waals surface area (Å²) in [5, 5.41) is 0. The zero-order valence-electron chi connectivity index (χ0n) is 11.1. The fraction of sp³-hybridized carbons (Fsp3) is 0.571. The van der Waals surface area contributed by atoms with Gasteiger partial charge >= 0.3 is 0 Å². The van der Waals surface area contributed by atoms with Crippen molar-refractivity contribution < 1.29 is 4.21 Å². The summed E-state index contributed by atoms with van der Waals surface area (Å²) >= 11 is 3.46. The van der Waals surface area contributed by atoms with Crippen LogP contribution in [-0.2, 0) is 11.0 Å². The van der Waals surface area contributed by atoms with Gasteiger partial charge in [-0.2, -0.15) is 0 Å². The summed E-state index contributed by atoms with van der Waals surface area (Å²) in [4.78, 5) is 0. The maximum atomic E-state index is 12.5. The van der Waals surface area contributed by atoms with Crippen LogP contribution in [0.3, 0.4) is 0 Å². The highest BCUT2D eigenvalue weighted by Crippen LogP contribution is 2.36. The molecule has 100 valence electrons. The van der Waals surface area contributed by atoms with Gasteiger partial charge in [0, 0.05) is 17.1 Å². The van der Waals surface area contributed by atoms with Gasteiger partial charge in [-0.25, -0.2) is 8.51 Å². The third kappa shape index (κ3) is 3.03. The highest BCUT2D eigenvalue weighted by molar-refractivity contribution is 9.10. The van der Waals surface area contributed by atoms with Crippen molar-refractivity contribution in [3.05, 3.63) is 34.3 Å². The molecule has 0 saturated carbocycles. The highest BCUT2D eigenvalue weighted by atomic mass is 79.9. The second kappa shape index (κ2) is 5.43. The molecular formula is C14H20BrNOS. The van der Waals surface area contributed by atoms with Gasteiger partial charge in [0.25, 0.3) is 0 Å². The second-order valence-corrected chi connectivity index (χ2v) is 8.82. The van der Waals surface area contributed by atoms with Crippen LogP contribution in [0.5, 0.6) is 0 Å². The maximum absolute atomic E-state index is 12.5. The summed E-state index contributed by atoms with van der Waals surface area (Å²) in [5.41, 5.74) is 1.27. The van der Waals surface area contributed by atoms with E-state index in [1.807, 2.05) is 20.8 Å². The van der Waals surface area contributed by atoms with E-state index in [1.165, 1.54) is 5.56 Å². The molecule has 1 aliphatic heterocycles. The number of halogens is 1. The van der Waals surface area contributed by atoms with Crippen molar-refractivity contribution in [2.75, 3.05) is 6.54 Å². The topological polar surface area (TPSA) is 20.3 Å². The first-order chi connectivity index (χ1) is 8.39. The fourth-order valence-electron chi connectivity index (χ4n) is 2.31. The van der Waals surface area contributed by atoms with Crippen molar-refractivity contribution in [3.8, 4) is 0 Å². The Hall–Kier alpha value is -0.190. The SMILES string of the molecule is CC(C)(C)[S@@](=O)N1CCC[C@H]1c1ccc(Br)cc1. The fourth-order valence-corrected chi connectivity index (χ4v) is 4.03. The third-order valence-electron chi connectivity index (χ3n) is 3.20. The van der Waals surface area contributed by atoms with Crippen molar-refractivity contribution >= 4 is 26.9 Å². The smallest absolute Gasteiger partial charge is 0.100 e. The van der Waals surface area contributed by atoms with Crippen LogP contribution in [0.4, 0.5) is 0 Å². The second-order valence-electron chi connectivity index (χ2n) is 5.71. The number of rotatable bonds is 2. The molecule has 2 rings (SSSR count). The Bertz CT molecular complexity index is 438. The van der Waals surface area contributed by atoms with Gasteiger partial charge in [0.05, 0.1) is 4.75 Å². The quantitative estimate of drug-likeness (QED) is 0.801. The van der Waals surface area contributed by atoms with Gasteiger partial charge in [-0.1, -0.05) is 28.1 Å². The maximum Gasteiger partial charge on any atom is 0.100 e. The lowest BCUT2D eigenvalue weighted by Gasteiger charge is -2.30. The summed E-state index contributed by atoms with van der Waals surface area (Å²) in [6.45, 7) is 7.06. The Morgan fingerprint density at radius 2 is 1.89 bits per heavy atom. The molecule has 0 spiro atoms. The zero-order chi connectivity index (χ0) is 13.3. The van der Waals surface area contributed by atoms with Crippen LogP contribution in [-0.4, -0.2) is 19.8 Å². The molecule has 1 aromatic carbocycles. The summed E-state index contributed by atoms with van der Waals surface area (Å²) in [5.74, 6) is 0. The average Bonchev–Trinajstić information content (AvgIpc) is 2.76. The van der Waals surface area contributed by atoms with Gasteiger partial charge in [-0.15, -0.1) is 0 Å². The molecule has 0 radical (unpaired) electrons. The lowest BCUT2D eigenvalue weighted by Crippen LogP contribution is -2.37. The summed E-state index contributed by atoms with van der Waals surface area (Å²) in [6.07, 6.45) is 2.23. The normalized spacial score (nSPS) is 23.2. The molecule has 0 aliphatic carbocycles. The Morgan fingerprint density at radius 3 is 2.44 bits per heavy atom. The van der Waals surface area contributed by atoms with E-state index in [0.717, 1.165) is 23.9 Å². The minimum Gasteiger partial charge on any atom is -0.242 e. The molecule has 4 heteroatoms. The molecule has 1 fully saturated rings. The van der Waals surface area contributed by atoms with Crippen LogP contribution in [0.25, 0.3) is 0 Å². The molecule has 1 saturated heterocycles. The van der Waals surface area contributed by atoms with Gasteiger partial charge in [0.15, 0.2) is 0 Å². The monoisotopic (exact) mass is 329 g/mol. The lowest BCUT2D eigenvalue weighted by atomic mass is 10.1. The van der Waals surface area contributed by atoms with E-state index in [2.05, 4.69) is 44.5 Å². The molecule has 0 amide bonds. The average molecular weight is 330 g/mol. The molecule has 1 aliphatic rings. The van der Waals surface area contributed by atoms with E-state index in [1.54, 1.807) is 0 Å². The van der Waals surface area contributed by atoms with E-state index >= 15 is 0 Å². The third-order valence-corrected chi connectivity index (χ3v) is 5.63. The minimum atomic E-state index is -0.927. The van der Waals surface area contributed by atoms with Crippen molar-refractivity contribution in [1.29, 1.82) is 0 Å². The number of nitrogens with zero attached hydrogens (tertiary/aromatic N) is 1. The molecule has 2 atom stereocenters. The van der Waals surface area contributed by atoms with Crippen LogP contribution in [0.2, 0.25) is 0 Å². The Kier molecular flexibility index (Phi) is 4.29. The van der Waals surface area contributed by atoms with Crippen LogP contribution in [0.15, 0.2) is 28.7 Å². The number of hydrogen-bond acceptors (Lipinski definition) is 1. The van der Waals surface area contributed by atoms with Gasteiger partial charge < -0.3 is 0 Å². The molecule has 18 heavy (non-hydrogen) atoms. The van der Waals surface area contributed by atoms with E-state index in [-0.39, 0.29) is 4.75 Å². The minimum absolute atomic E-state index is 0.183. The molecule has 0 N–H and O–H groups in total. The molecule has 1 aromatic rings. The van der Waals surface area contributed by atoms with Gasteiger partial charge in [0.1, 0.15) is 11.0 Å². The van der Waals surface area contributed by atoms with Crippen molar-refractivity contribution in [3.63, 3.8) is 0 Å². The number of benzene rings is 1. The highest BCUT2D eigenvalue weighted by Gasteiger charge is 2.35. The molecule has 2 nitrogen and oxygen atoms in total. The molecule has 1 heterocycles. The summed E-state index contributed by atoms with van der Waals surface area (Å²) in [7, 11) is -0.927. The Balaban J connectivity index is 2.22. The van der Waals surface area contributed by atoms with Crippen LogP contribution in [0, 0.1) is 0 Å². The van der Waals surface area contributed by atoms with Gasteiger partial charge in [0.2, 0.25) is 0 Å². The Morgan fingerprint density at radius 1 is 1.28 bits per heavy atom. The first kappa shape index (κ1) is 14.2. The molecule has 0 aromatic heterocycles. The van der Waals surface area contributed by atoms with Gasteiger partial charge in [-0.3, -0.25) is 0 Å². The summed E-state index contributed by atoms with van der Waals surface area (Å²) in [6, 6.07) is 8.69. The predicted molar refractivity (Wildman–Crippen MR) is 80.7 cm³/mol. The van der Waals surface area contributed by atoms with Crippen molar-refractivity contribution in [2.24, 2.45) is 0 Å². The van der Waals surface area contributed by atoms with E-state index < -0.39 is 11.0 Å². The standard InChI is InChI=1S/C14H20BrNOS/c1-14(2,3)18(17)16-10-4-5-13(16)11-6-8-12(15)9-7-11/h6-9,13H,4-5,10H2,1-3H3/t13-,18+/m0/s1.